The van der Waals surface area contributed by atoms with Crippen molar-refractivity contribution in [1.82, 2.24) is 5.32 Å². The topological polar surface area (TPSA) is 47.6 Å². The first-order chi connectivity index (χ1) is 9.14. The fourth-order valence-corrected chi connectivity index (χ4v) is 2.42. The molecule has 0 aromatic rings. The second-order valence-corrected chi connectivity index (χ2v) is 6.19. The third-order valence-corrected chi connectivity index (χ3v) is 4.07. The molecule has 110 valence electrons. The molecule has 0 aliphatic heterocycles. The van der Waals surface area contributed by atoms with E-state index in [9.17, 15) is 4.79 Å². The van der Waals surface area contributed by atoms with E-state index in [4.69, 9.17) is 9.47 Å². The molecule has 0 saturated heterocycles. The minimum Gasteiger partial charge on any atom is -0.468 e. The summed E-state index contributed by atoms with van der Waals surface area (Å²) in [5.41, 5.74) is -0.546. The number of hydrogen-bond donors (Lipinski definition) is 1. The second-order valence-electron chi connectivity index (χ2n) is 6.19. The van der Waals surface area contributed by atoms with Crippen LogP contribution in [0, 0.1) is 5.92 Å². The molecule has 19 heavy (non-hydrogen) atoms. The van der Waals surface area contributed by atoms with E-state index in [0.29, 0.717) is 6.04 Å². The van der Waals surface area contributed by atoms with Gasteiger partial charge in [-0.25, -0.2) is 0 Å². The predicted octanol–water partition coefficient (Wildman–Crippen LogP) is 2.27. The van der Waals surface area contributed by atoms with E-state index in [2.05, 4.69) is 5.32 Å². The van der Waals surface area contributed by atoms with Crippen LogP contribution in [0.25, 0.3) is 0 Å². The Morgan fingerprint density at radius 3 is 2.58 bits per heavy atom. The Morgan fingerprint density at radius 1 is 1.26 bits per heavy atom. The van der Waals surface area contributed by atoms with Crippen LogP contribution in [0.3, 0.4) is 0 Å². The highest BCUT2D eigenvalue weighted by atomic mass is 16.5. The molecule has 0 aromatic carbocycles. The van der Waals surface area contributed by atoms with E-state index in [1.165, 1.54) is 39.2 Å². The Bertz CT molecular complexity index is 300. The highest BCUT2D eigenvalue weighted by molar-refractivity contribution is 5.80. The van der Waals surface area contributed by atoms with Crippen molar-refractivity contribution in [3.63, 3.8) is 0 Å². The van der Waals surface area contributed by atoms with E-state index < -0.39 is 5.54 Å². The minimum atomic E-state index is -0.546. The third-order valence-electron chi connectivity index (χ3n) is 4.07. The first-order valence-corrected chi connectivity index (χ1v) is 7.58. The van der Waals surface area contributed by atoms with Crippen molar-refractivity contribution in [3.8, 4) is 0 Å². The Labute approximate surface area is 116 Å². The summed E-state index contributed by atoms with van der Waals surface area (Å²) < 4.78 is 10.6. The van der Waals surface area contributed by atoms with Gasteiger partial charge in [-0.05, 0) is 44.9 Å². The molecule has 2 aliphatic rings. The average molecular weight is 269 g/mol. The van der Waals surface area contributed by atoms with Crippen molar-refractivity contribution in [1.29, 1.82) is 0 Å². The van der Waals surface area contributed by atoms with Crippen molar-refractivity contribution >= 4 is 5.97 Å². The molecule has 4 nitrogen and oxygen atoms in total. The van der Waals surface area contributed by atoms with Gasteiger partial charge in [-0.1, -0.05) is 12.8 Å². The average Bonchev–Trinajstić information content (AvgIpc) is 3.27. The lowest BCUT2D eigenvalue weighted by Gasteiger charge is -2.28. The first kappa shape index (κ1) is 14.8. The summed E-state index contributed by atoms with van der Waals surface area (Å²) in [6.07, 6.45) is 7.99. The number of esters is 1. The fourth-order valence-electron chi connectivity index (χ4n) is 2.42. The SMILES string of the molecule is COC(=O)C(C)(CCCOCCC1CC1)NC1CC1. The number of carbonyl (C=O) groups excluding carboxylic acids is 1. The van der Waals surface area contributed by atoms with Crippen LogP contribution in [0.5, 0.6) is 0 Å². The van der Waals surface area contributed by atoms with E-state index >= 15 is 0 Å². The highest BCUT2D eigenvalue weighted by Gasteiger charge is 2.38. The molecule has 0 bridgehead atoms. The van der Waals surface area contributed by atoms with Crippen molar-refractivity contribution in [3.05, 3.63) is 0 Å². The molecule has 1 unspecified atom stereocenters. The molecule has 0 heterocycles. The molecule has 0 radical (unpaired) electrons. The second kappa shape index (κ2) is 6.71. The number of hydrogen-bond acceptors (Lipinski definition) is 4. The first-order valence-electron chi connectivity index (χ1n) is 7.58. The van der Waals surface area contributed by atoms with Gasteiger partial charge in [-0.15, -0.1) is 0 Å². The summed E-state index contributed by atoms with van der Waals surface area (Å²) in [5.74, 6) is 0.772. The van der Waals surface area contributed by atoms with Gasteiger partial charge in [0.05, 0.1) is 7.11 Å². The zero-order valence-corrected chi connectivity index (χ0v) is 12.2. The molecule has 4 heteroatoms. The van der Waals surface area contributed by atoms with Crippen molar-refractivity contribution < 1.29 is 14.3 Å². The molecular weight excluding hydrogens is 242 g/mol. The third kappa shape index (κ3) is 5.11. The Kier molecular flexibility index (Phi) is 5.22. The summed E-state index contributed by atoms with van der Waals surface area (Å²) in [4.78, 5) is 11.9. The molecule has 2 saturated carbocycles. The monoisotopic (exact) mass is 269 g/mol. The Hall–Kier alpha value is -0.610. The number of ether oxygens (including phenoxy) is 2. The molecular formula is C15H27NO3. The van der Waals surface area contributed by atoms with E-state index in [0.717, 1.165) is 32.0 Å². The summed E-state index contributed by atoms with van der Waals surface area (Å²) in [5, 5.41) is 3.41. The van der Waals surface area contributed by atoms with Gasteiger partial charge in [0.15, 0.2) is 0 Å². The number of nitrogens with one attached hydrogen (secondary N) is 1. The standard InChI is InChI=1S/C15H27NO3/c1-15(14(17)18-2,16-13-6-7-13)9-3-10-19-11-8-12-4-5-12/h12-13,16H,3-11H2,1-2H3. The van der Waals surface area contributed by atoms with Crippen molar-refractivity contribution in [2.24, 2.45) is 5.92 Å². The largest absolute Gasteiger partial charge is 0.468 e. The van der Waals surface area contributed by atoms with Crippen LogP contribution >= 0.6 is 0 Å². The van der Waals surface area contributed by atoms with Crippen LogP contribution in [-0.4, -0.2) is 37.9 Å². The van der Waals surface area contributed by atoms with E-state index in [1.54, 1.807) is 0 Å². The molecule has 1 atom stereocenters. The zero-order chi connectivity index (χ0) is 13.7. The molecule has 2 fully saturated rings. The van der Waals surface area contributed by atoms with Gasteiger partial charge in [-0.3, -0.25) is 10.1 Å². The van der Waals surface area contributed by atoms with Gasteiger partial charge >= 0.3 is 5.97 Å². The van der Waals surface area contributed by atoms with Crippen LogP contribution in [-0.2, 0) is 14.3 Å². The van der Waals surface area contributed by atoms with E-state index in [1.807, 2.05) is 6.92 Å². The number of rotatable bonds is 10. The number of methoxy groups -OCH3 is 1. The van der Waals surface area contributed by atoms with Crippen LogP contribution in [0.1, 0.15) is 51.9 Å². The smallest absolute Gasteiger partial charge is 0.325 e. The zero-order valence-electron chi connectivity index (χ0n) is 12.2. The normalized spacial score (nSPS) is 22.0. The molecule has 0 amide bonds. The van der Waals surface area contributed by atoms with Crippen LogP contribution < -0.4 is 5.32 Å². The molecule has 0 aromatic heterocycles. The van der Waals surface area contributed by atoms with E-state index in [-0.39, 0.29) is 5.97 Å². The highest BCUT2D eigenvalue weighted by Crippen LogP contribution is 2.32. The van der Waals surface area contributed by atoms with Crippen LogP contribution in [0.2, 0.25) is 0 Å². The van der Waals surface area contributed by atoms with Gasteiger partial charge in [0.25, 0.3) is 0 Å². The number of carbonyl (C=O) groups is 1. The van der Waals surface area contributed by atoms with Gasteiger partial charge in [-0.2, -0.15) is 0 Å². The van der Waals surface area contributed by atoms with Gasteiger partial charge in [0.1, 0.15) is 5.54 Å². The minimum absolute atomic E-state index is 0.155. The maximum absolute atomic E-state index is 11.9. The maximum atomic E-state index is 11.9. The molecule has 2 rings (SSSR count). The quantitative estimate of drug-likeness (QED) is 0.488. The summed E-state index contributed by atoms with van der Waals surface area (Å²) in [7, 11) is 1.46. The fraction of sp³-hybridized carbons (Fsp3) is 0.933. The lowest BCUT2D eigenvalue weighted by atomic mass is 9.96. The lowest BCUT2D eigenvalue weighted by Crippen LogP contribution is -2.51. The summed E-state index contributed by atoms with van der Waals surface area (Å²) in [6, 6.07) is 0.500. The maximum Gasteiger partial charge on any atom is 0.325 e. The lowest BCUT2D eigenvalue weighted by molar-refractivity contribution is -0.148. The van der Waals surface area contributed by atoms with Crippen LogP contribution in [0.4, 0.5) is 0 Å². The Morgan fingerprint density at radius 2 is 2.00 bits per heavy atom. The molecule has 1 N–H and O–H groups in total. The van der Waals surface area contributed by atoms with Crippen LogP contribution in [0.15, 0.2) is 0 Å². The molecule has 0 spiro atoms. The Balaban J connectivity index is 1.61. The summed E-state index contributed by atoms with van der Waals surface area (Å²) in [6.45, 7) is 3.56. The van der Waals surface area contributed by atoms with Gasteiger partial charge < -0.3 is 9.47 Å². The van der Waals surface area contributed by atoms with Gasteiger partial charge in [0.2, 0.25) is 0 Å². The van der Waals surface area contributed by atoms with Crippen molar-refractivity contribution in [2.45, 2.75) is 63.5 Å². The molecule has 2 aliphatic carbocycles. The predicted molar refractivity (Wildman–Crippen MR) is 74.0 cm³/mol. The van der Waals surface area contributed by atoms with Gasteiger partial charge in [0, 0.05) is 19.3 Å². The van der Waals surface area contributed by atoms with Crippen molar-refractivity contribution in [2.75, 3.05) is 20.3 Å². The summed E-state index contributed by atoms with van der Waals surface area (Å²) >= 11 is 0.